The molecule has 0 atom stereocenters. The van der Waals surface area contributed by atoms with Gasteiger partial charge in [-0.2, -0.15) is 4.31 Å². The molecule has 1 aliphatic heterocycles. The van der Waals surface area contributed by atoms with E-state index in [-0.39, 0.29) is 29.1 Å². The van der Waals surface area contributed by atoms with Crippen molar-refractivity contribution in [1.29, 1.82) is 0 Å². The molecule has 0 bridgehead atoms. The van der Waals surface area contributed by atoms with Crippen molar-refractivity contribution in [3.05, 3.63) is 59.7 Å². The minimum atomic E-state index is -3.79. The number of nitrogens with zero attached hydrogens (tertiary/aromatic N) is 1. The molecule has 0 aromatic heterocycles. The number of morpholine rings is 1. The van der Waals surface area contributed by atoms with Crippen molar-refractivity contribution in [2.24, 2.45) is 0 Å². The highest BCUT2D eigenvalue weighted by atomic mass is 32.2. The number of ether oxygens (including phenoxy) is 3. The lowest BCUT2D eigenvalue weighted by molar-refractivity contribution is -0.123. The van der Waals surface area contributed by atoms with Gasteiger partial charge in [0.05, 0.1) is 30.8 Å². The molecular weight excluding hydrogens is 440 g/mol. The van der Waals surface area contributed by atoms with Gasteiger partial charge in [-0.05, 0) is 42.5 Å². The first-order valence-electron chi connectivity index (χ1n) is 9.64. The summed E-state index contributed by atoms with van der Waals surface area (Å²) in [4.78, 5) is 36.3. The van der Waals surface area contributed by atoms with Crippen molar-refractivity contribution in [3.63, 3.8) is 0 Å². The number of imide groups is 1. The number of hydrogen-bond acceptors (Lipinski definition) is 8. The van der Waals surface area contributed by atoms with E-state index >= 15 is 0 Å². The van der Waals surface area contributed by atoms with Crippen molar-refractivity contribution in [1.82, 2.24) is 9.62 Å². The van der Waals surface area contributed by atoms with E-state index in [0.717, 1.165) is 0 Å². The fourth-order valence-corrected chi connectivity index (χ4v) is 4.37. The van der Waals surface area contributed by atoms with Gasteiger partial charge in [-0.3, -0.25) is 14.9 Å². The predicted molar refractivity (Wildman–Crippen MR) is 112 cm³/mol. The molecule has 2 aromatic rings. The first kappa shape index (κ1) is 23.4. The standard InChI is InChI=1S/C21H22N2O8S/c1-29-17-7-5-15(6-8-17)20(25)22-19(24)14-31-21(26)16-3-2-4-18(13-16)32(27,28)23-9-11-30-12-10-23/h2-8,13H,9-12,14H2,1H3,(H,22,24,25). The molecule has 0 unspecified atom stereocenters. The molecule has 10 nitrogen and oxygen atoms in total. The molecule has 1 saturated heterocycles. The van der Waals surface area contributed by atoms with Crippen LogP contribution in [0.25, 0.3) is 0 Å². The maximum atomic E-state index is 12.7. The first-order valence-corrected chi connectivity index (χ1v) is 11.1. The second-order valence-electron chi connectivity index (χ2n) is 6.73. The predicted octanol–water partition coefficient (Wildman–Crippen LogP) is 0.829. The molecule has 0 radical (unpaired) electrons. The second-order valence-corrected chi connectivity index (χ2v) is 8.66. The average Bonchev–Trinajstić information content (AvgIpc) is 2.83. The van der Waals surface area contributed by atoms with Crippen LogP contribution in [0, 0.1) is 0 Å². The quantitative estimate of drug-likeness (QED) is 0.599. The molecule has 2 amide bonds. The van der Waals surface area contributed by atoms with Crippen molar-refractivity contribution in [2.45, 2.75) is 4.90 Å². The van der Waals surface area contributed by atoms with Gasteiger partial charge in [0.2, 0.25) is 10.0 Å². The second kappa shape index (κ2) is 10.4. The first-order chi connectivity index (χ1) is 15.3. The van der Waals surface area contributed by atoms with Gasteiger partial charge in [-0.25, -0.2) is 13.2 Å². The lowest BCUT2D eigenvalue weighted by Crippen LogP contribution is -2.40. The van der Waals surface area contributed by atoms with Crippen molar-refractivity contribution >= 4 is 27.8 Å². The third-order valence-corrected chi connectivity index (χ3v) is 6.51. The van der Waals surface area contributed by atoms with Crippen LogP contribution in [0.1, 0.15) is 20.7 Å². The number of carbonyl (C=O) groups excluding carboxylic acids is 3. The topological polar surface area (TPSA) is 128 Å². The molecule has 0 saturated carbocycles. The summed E-state index contributed by atoms with van der Waals surface area (Å²) in [5.74, 6) is -1.82. The van der Waals surface area contributed by atoms with Gasteiger partial charge in [0, 0.05) is 18.7 Å². The van der Waals surface area contributed by atoms with Gasteiger partial charge >= 0.3 is 5.97 Å². The molecule has 2 aromatic carbocycles. The van der Waals surface area contributed by atoms with Gasteiger partial charge in [0.25, 0.3) is 11.8 Å². The Morgan fingerprint density at radius 2 is 1.72 bits per heavy atom. The normalized spacial score (nSPS) is 14.4. The molecule has 1 fully saturated rings. The third kappa shape index (κ3) is 5.69. The Kier molecular flexibility index (Phi) is 7.57. The van der Waals surface area contributed by atoms with Gasteiger partial charge in [0.1, 0.15) is 5.75 Å². The lowest BCUT2D eigenvalue weighted by Gasteiger charge is -2.26. The van der Waals surface area contributed by atoms with Crippen molar-refractivity contribution < 1.29 is 37.0 Å². The summed E-state index contributed by atoms with van der Waals surface area (Å²) in [5, 5.41) is 2.11. The van der Waals surface area contributed by atoms with E-state index < -0.39 is 34.4 Å². The number of sulfonamides is 1. The Bertz CT molecular complexity index is 1090. The summed E-state index contributed by atoms with van der Waals surface area (Å²) in [6.07, 6.45) is 0. The lowest BCUT2D eigenvalue weighted by atomic mass is 10.2. The zero-order valence-electron chi connectivity index (χ0n) is 17.3. The largest absolute Gasteiger partial charge is 0.497 e. The molecule has 1 heterocycles. The van der Waals surface area contributed by atoms with Crippen LogP contribution < -0.4 is 10.1 Å². The number of nitrogens with one attached hydrogen (secondary N) is 1. The maximum Gasteiger partial charge on any atom is 0.338 e. The molecule has 3 rings (SSSR count). The highest BCUT2D eigenvalue weighted by Gasteiger charge is 2.27. The number of methoxy groups -OCH3 is 1. The number of hydrogen-bond donors (Lipinski definition) is 1. The molecule has 1 aliphatic rings. The Hall–Kier alpha value is -3.28. The van der Waals surface area contributed by atoms with Crippen molar-refractivity contribution in [2.75, 3.05) is 40.0 Å². The van der Waals surface area contributed by atoms with Crippen LogP contribution in [0.2, 0.25) is 0 Å². The minimum Gasteiger partial charge on any atom is -0.497 e. The van der Waals surface area contributed by atoms with Crippen LogP contribution in [0.3, 0.4) is 0 Å². The van der Waals surface area contributed by atoms with Crippen LogP contribution in [0.4, 0.5) is 0 Å². The Morgan fingerprint density at radius 3 is 2.38 bits per heavy atom. The highest BCUT2D eigenvalue weighted by molar-refractivity contribution is 7.89. The molecule has 32 heavy (non-hydrogen) atoms. The van der Waals surface area contributed by atoms with E-state index in [4.69, 9.17) is 14.2 Å². The average molecular weight is 462 g/mol. The molecule has 0 aliphatic carbocycles. The maximum absolute atomic E-state index is 12.7. The molecular formula is C21H22N2O8S. The van der Waals surface area contributed by atoms with E-state index in [0.29, 0.717) is 19.0 Å². The van der Waals surface area contributed by atoms with Gasteiger partial charge in [-0.15, -0.1) is 0 Å². The number of amides is 2. The Labute approximate surface area is 185 Å². The molecule has 11 heteroatoms. The monoisotopic (exact) mass is 462 g/mol. The smallest absolute Gasteiger partial charge is 0.338 e. The zero-order valence-corrected chi connectivity index (χ0v) is 18.1. The Balaban J connectivity index is 1.58. The SMILES string of the molecule is COc1ccc(C(=O)NC(=O)COC(=O)c2cccc(S(=O)(=O)N3CCOCC3)c2)cc1. The van der Waals surface area contributed by atoms with E-state index in [9.17, 15) is 22.8 Å². The fraction of sp³-hybridized carbons (Fsp3) is 0.286. The van der Waals surface area contributed by atoms with E-state index in [1.807, 2.05) is 0 Å². The number of esters is 1. The van der Waals surface area contributed by atoms with E-state index in [1.165, 1.54) is 47.8 Å². The van der Waals surface area contributed by atoms with E-state index in [1.54, 1.807) is 12.1 Å². The third-order valence-electron chi connectivity index (χ3n) is 4.62. The van der Waals surface area contributed by atoms with Gasteiger partial charge < -0.3 is 14.2 Å². The summed E-state index contributed by atoms with van der Waals surface area (Å²) in [6, 6.07) is 11.4. The van der Waals surface area contributed by atoms with Crippen LogP contribution in [0.15, 0.2) is 53.4 Å². The van der Waals surface area contributed by atoms with Gasteiger partial charge in [-0.1, -0.05) is 6.07 Å². The molecule has 170 valence electrons. The summed E-state index contributed by atoms with van der Waals surface area (Å²) >= 11 is 0. The Morgan fingerprint density at radius 1 is 1.03 bits per heavy atom. The van der Waals surface area contributed by atoms with E-state index in [2.05, 4.69) is 5.32 Å². The van der Waals surface area contributed by atoms with Crippen LogP contribution in [-0.4, -0.2) is 70.5 Å². The van der Waals surface area contributed by atoms with Gasteiger partial charge in [0.15, 0.2) is 6.61 Å². The highest BCUT2D eigenvalue weighted by Crippen LogP contribution is 2.19. The van der Waals surface area contributed by atoms with Crippen LogP contribution >= 0.6 is 0 Å². The number of rotatable bonds is 7. The fourth-order valence-electron chi connectivity index (χ4n) is 2.91. The molecule has 0 spiro atoms. The summed E-state index contributed by atoms with van der Waals surface area (Å²) < 4.78 is 41.8. The minimum absolute atomic E-state index is 0.0337. The van der Waals surface area contributed by atoms with Crippen LogP contribution in [0.5, 0.6) is 5.75 Å². The zero-order chi connectivity index (χ0) is 23.1. The summed E-state index contributed by atoms with van der Waals surface area (Å²) in [6.45, 7) is 0.330. The number of benzene rings is 2. The van der Waals surface area contributed by atoms with Crippen molar-refractivity contribution in [3.8, 4) is 5.75 Å². The van der Waals surface area contributed by atoms with Crippen LogP contribution in [-0.2, 0) is 24.3 Å². The summed E-state index contributed by atoms with van der Waals surface area (Å²) in [7, 11) is -2.30. The molecule has 1 N–H and O–H groups in total. The summed E-state index contributed by atoms with van der Waals surface area (Å²) in [5.41, 5.74) is 0.195. The number of carbonyl (C=O) groups is 3.